The van der Waals surface area contributed by atoms with Crippen LogP contribution in [0.1, 0.15) is 40.7 Å². The fraction of sp³-hybridized carbons (Fsp3) is 0.462. The summed E-state index contributed by atoms with van der Waals surface area (Å²) in [5.41, 5.74) is 5.67. The number of rotatable bonds is 8. The number of carbonyl (C=O) groups is 2. The first-order chi connectivity index (χ1) is 15.3. The van der Waals surface area contributed by atoms with Gasteiger partial charge in [-0.25, -0.2) is 0 Å². The highest BCUT2D eigenvalue weighted by Crippen LogP contribution is 2.27. The highest BCUT2D eigenvalue weighted by molar-refractivity contribution is 5.78. The van der Waals surface area contributed by atoms with E-state index in [1.165, 1.54) is 12.7 Å². The van der Waals surface area contributed by atoms with Gasteiger partial charge in [-0.2, -0.15) is 0 Å². The highest BCUT2D eigenvalue weighted by Gasteiger charge is 2.38. The number of hydrogen-bond acceptors (Lipinski definition) is 5. The van der Waals surface area contributed by atoms with Gasteiger partial charge in [0.25, 0.3) is 0 Å². The molecule has 6 nitrogen and oxygen atoms in total. The summed E-state index contributed by atoms with van der Waals surface area (Å²) in [6, 6.07) is 11.9. The molecule has 1 aliphatic heterocycles. The SMILES string of the molecule is COC(=O)[C@@H]1C[C@H](NC(=O)CCc2ccc(C)cc2)CN1Cc1cc(C)c(OC)cc1C. The average Bonchev–Trinajstić information content (AvgIpc) is 3.17. The molecule has 1 fully saturated rings. The van der Waals surface area contributed by atoms with Crippen LogP contribution in [0.2, 0.25) is 0 Å². The lowest BCUT2D eigenvalue weighted by atomic mass is 10.0. The molecule has 1 aliphatic rings. The number of methoxy groups -OCH3 is 2. The lowest BCUT2D eigenvalue weighted by Crippen LogP contribution is -2.38. The van der Waals surface area contributed by atoms with Crippen molar-refractivity contribution in [3.05, 3.63) is 64.2 Å². The molecular weight excluding hydrogens is 404 g/mol. The Morgan fingerprint density at radius 3 is 2.44 bits per heavy atom. The molecule has 2 aromatic rings. The van der Waals surface area contributed by atoms with E-state index in [1.807, 2.05) is 19.9 Å². The predicted molar refractivity (Wildman–Crippen MR) is 125 cm³/mol. The van der Waals surface area contributed by atoms with Crippen molar-refractivity contribution in [3.8, 4) is 5.75 Å². The molecule has 1 saturated heterocycles. The van der Waals surface area contributed by atoms with Crippen LogP contribution in [-0.4, -0.2) is 49.6 Å². The Bertz CT molecular complexity index is 955. The molecule has 0 radical (unpaired) electrons. The number of nitrogens with one attached hydrogen (secondary N) is 1. The van der Waals surface area contributed by atoms with E-state index in [-0.39, 0.29) is 24.0 Å². The third kappa shape index (κ3) is 5.88. The van der Waals surface area contributed by atoms with Gasteiger partial charge in [0.2, 0.25) is 5.91 Å². The van der Waals surface area contributed by atoms with Crippen LogP contribution >= 0.6 is 0 Å². The van der Waals surface area contributed by atoms with E-state index in [1.54, 1.807) is 7.11 Å². The van der Waals surface area contributed by atoms with Crippen LogP contribution in [0.25, 0.3) is 0 Å². The van der Waals surface area contributed by atoms with E-state index in [0.29, 0.717) is 32.4 Å². The van der Waals surface area contributed by atoms with Crippen molar-refractivity contribution in [2.45, 2.75) is 58.7 Å². The molecule has 0 saturated carbocycles. The van der Waals surface area contributed by atoms with E-state index < -0.39 is 0 Å². The van der Waals surface area contributed by atoms with Crippen molar-refractivity contribution in [2.75, 3.05) is 20.8 Å². The fourth-order valence-electron chi connectivity index (χ4n) is 4.34. The van der Waals surface area contributed by atoms with Gasteiger partial charge >= 0.3 is 5.97 Å². The van der Waals surface area contributed by atoms with Crippen LogP contribution in [0.5, 0.6) is 5.75 Å². The third-order valence-corrected chi connectivity index (χ3v) is 6.23. The first-order valence-corrected chi connectivity index (χ1v) is 11.1. The van der Waals surface area contributed by atoms with Gasteiger partial charge in [-0.15, -0.1) is 0 Å². The van der Waals surface area contributed by atoms with E-state index in [0.717, 1.165) is 28.0 Å². The van der Waals surface area contributed by atoms with Gasteiger partial charge in [-0.1, -0.05) is 35.9 Å². The second-order valence-electron chi connectivity index (χ2n) is 8.70. The first kappa shape index (κ1) is 23.8. The smallest absolute Gasteiger partial charge is 0.323 e. The number of benzene rings is 2. The number of likely N-dealkylation sites (tertiary alicyclic amines) is 1. The van der Waals surface area contributed by atoms with Crippen LogP contribution < -0.4 is 10.1 Å². The van der Waals surface area contributed by atoms with E-state index in [4.69, 9.17) is 9.47 Å². The zero-order valence-electron chi connectivity index (χ0n) is 19.7. The Kier molecular flexibility index (Phi) is 7.91. The Morgan fingerprint density at radius 2 is 1.78 bits per heavy atom. The molecule has 6 heteroatoms. The largest absolute Gasteiger partial charge is 0.496 e. The Balaban J connectivity index is 1.63. The zero-order chi connectivity index (χ0) is 23.3. The lowest BCUT2D eigenvalue weighted by Gasteiger charge is -2.23. The third-order valence-electron chi connectivity index (χ3n) is 6.23. The van der Waals surface area contributed by atoms with Gasteiger partial charge in [0.1, 0.15) is 11.8 Å². The van der Waals surface area contributed by atoms with Crippen LogP contribution in [0, 0.1) is 20.8 Å². The second kappa shape index (κ2) is 10.6. The topological polar surface area (TPSA) is 67.9 Å². The summed E-state index contributed by atoms with van der Waals surface area (Å²) in [5, 5.41) is 3.12. The Labute approximate surface area is 190 Å². The summed E-state index contributed by atoms with van der Waals surface area (Å²) in [5.74, 6) is 0.609. The highest BCUT2D eigenvalue weighted by atomic mass is 16.5. The fourth-order valence-corrected chi connectivity index (χ4v) is 4.34. The summed E-state index contributed by atoms with van der Waals surface area (Å²) < 4.78 is 10.5. The molecule has 1 amide bonds. The molecule has 172 valence electrons. The van der Waals surface area contributed by atoms with Gasteiger partial charge in [-0.05, 0) is 61.9 Å². The van der Waals surface area contributed by atoms with Gasteiger partial charge in [0.05, 0.1) is 14.2 Å². The summed E-state index contributed by atoms with van der Waals surface area (Å²) in [7, 11) is 3.08. The molecule has 1 heterocycles. The monoisotopic (exact) mass is 438 g/mol. The van der Waals surface area contributed by atoms with Crippen LogP contribution in [0.3, 0.4) is 0 Å². The number of amides is 1. The molecule has 0 aliphatic carbocycles. The van der Waals surface area contributed by atoms with Gasteiger partial charge in [0.15, 0.2) is 0 Å². The standard InChI is InChI=1S/C26H34N2O4/c1-17-6-8-20(9-7-17)10-11-25(29)27-22-14-23(26(30)32-5)28(16-22)15-21-12-19(3)24(31-4)13-18(21)2/h6-9,12-13,22-23H,10-11,14-16H2,1-5H3,(H,27,29)/t22-,23-/m0/s1. The summed E-state index contributed by atoms with van der Waals surface area (Å²) >= 11 is 0. The number of hydrogen-bond donors (Lipinski definition) is 1. The quantitative estimate of drug-likeness (QED) is 0.639. The Morgan fingerprint density at radius 1 is 1.06 bits per heavy atom. The average molecular weight is 439 g/mol. The molecule has 3 rings (SSSR count). The van der Waals surface area contributed by atoms with Crippen LogP contribution in [-0.2, 0) is 27.3 Å². The van der Waals surface area contributed by atoms with Crippen LogP contribution in [0.4, 0.5) is 0 Å². The van der Waals surface area contributed by atoms with Crippen molar-refractivity contribution in [3.63, 3.8) is 0 Å². The van der Waals surface area contributed by atoms with Crippen molar-refractivity contribution in [2.24, 2.45) is 0 Å². The van der Waals surface area contributed by atoms with Gasteiger partial charge < -0.3 is 14.8 Å². The van der Waals surface area contributed by atoms with Gasteiger partial charge in [-0.3, -0.25) is 14.5 Å². The molecule has 0 bridgehead atoms. The molecule has 0 spiro atoms. The van der Waals surface area contributed by atoms with E-state index in [9.17, 15) is 9.59 Å². The maximum Gasteiger partial charge on any atom is 0.323 e. The second-order valence-corrected chi connectivity index (χ2v) is 8.70. The Hall–Kier alpha value is -2.86. The first-order valence-electron chi connectivity index (χ1n) is 11.1. The van der Waals surface area contributed by atoms with Crippen molar-refractivity contribution < 1.29 is 19.1 Å². The molecule has 0 unspecified atom stereocenters. The number of ether oxygens (including phenoxy) is 2. The van der Waals surface area contributed by atoms with E-state index >= 15 is 0 Å². The maximum absolute atomic E-state index is 12.6. The summed E-state index contributed by atoms with van der Waals surface area (Å²) in [6.45, 7) is 7.34. The van der Waals surface area contributed by atoms with Gasteiger partial charge in [0, 0.05) is 25.6 Å². The molecule has 0 aromatic heterocycles. The van der Waals surface area contributed by atoms with Crippen molar-refractivity contribution in [1.82, 2.24) is 10.2 Å². The van der Waals surface area contributed by atoms with E-state index in [2.05, 4.69) is 47.5 Å². The molecule has 1 N–H and O–H groups in total. The zero-order valence-corrected chi connectivity index (χ0v) is 19.7. The van der Waals surface area contributed by atoms with Crippen LogP contribution in [0.15, 0.2) is 36.4 Å². The molecule has 32 heavy (non-hydrogen) atoms. The summed E-state index contributed by atoms with van der Waals surface area (Å²) in [4.78, 5) is 27.1. The lowest BCUT2D eigenvalue weighted by molar-refractivity contribution is -0.146. The number of esters is 1. The van der Waals surface area contributed by atoms with Crippen molar-refractivity contribution >= 4 is 11.9 Å². The molecule has 2 atom stereocenters. The normalized spacial score (nSPS) is 18.4. The minimum absolute atomic E-state index is 0.0116. The maximum atomic E-state index is 12.6. The van der Waals surface area contributed by atoms with Crippen molar-refractivity contribution in [1.29, 1.82) is 0 Å². The molecule has 2 aromatic carbocycles. The minimum atomic E-state index is -0.371. The number of nitrogens with zero attached hydrogens (tertiary/aromatic N) is 1. The molecular formula is C26H34N2O4. The number of carbonyl (C=O) groups excluding carboxylic acids is 2. The summed E-state index contributed by atoms with van der Waals surface area (Å²) in [6.07, 6.45) is 1.68. The predicted octanol–water partition coefficient (Wildman–Crippen LogP) is 3.49. The minimum Gasteiger partial charge on any atom is -0.496 e. The number of aryl methyl sites for hydroxylation is 4.